The van der Waals surface area contributed by atoms with E-state index in [1.165, 1.54) is 36.4 Å². The monoisotopic (exact) mass is 560 g/mol. The van der Waals surface area contributed by atoms with Crippen molar-refractivity contribution < 1.29 is 26.4 Å². The first-order valence-corrected chi connectivity index (χ1v) is 12.9. The number of halogens is 3. The summed E-state index contributed by atoms with van der Waals surface area (Å²) in [6.45, 7) is 5.18. The van der Waals surface area contributed by atoms with Crippen molar-refractivity contribution in [2.75, 3.05) is 5.32 Å². The molecule has 0 saturated heterocycles. The lowest BCUT2D eigenvalue weighted by Crippen LogP contribution is -2.42. The molecule has 1 aromatic heterocycles. The number of alkyl halides is 3. The zero-order valence-corrected chi connectivity index (χ0v) is 21.7. The van der Waals surface area contributed by atoms with Gasteiger partial charge in [0.05, 0.1) is 16.1 Å². The van der Waals surface area contributed by atoms with Crippen LogP contribution in [0.1, 0.15) is 32.6 Å². The van der Waals surface area contributed by atoms with Gasteiger partial charge in [0.15, 0.2) is 0 Å². The first-order valence-electron chi connectivity index (χ1n) is 11.4. The number of benzene rings is 3. The summed E-state index contributed by atoms with van der Waals surface area (Å²) in [6, 6.07) is 13.4. The summed E-state index contributed by atoms with van der Waals surface area (Å²) >= 11 is 0. The average Bonchev–Trinajstić information content (AvgIpc) is 3.21. The minimum atomic E-state index is -4.58. The molecule has 4 N–H and O–H groups in total. The second kappa shape index (κ2) is 10.4. The van der Waals surface area contributed by atoms with Crippen molar-refractivity contribution in [2.24, 2.45) is 0 Å². The SMILES string of the molecule is Cc1cc(C)c(S(=O)(=O)NNC(=O)c2ccc(Nc3nn(-c4cccc(C(F)(F)F)c4)c(=O)[nH]3)cc2)c(C)c1. The Morgan fingerprint density at radius 2 is 1.62 bits per heavy atom. The van der Waals surface area contributed by atoms with Crippen LogP contribution in [0.4, 0.5) is 24.8 Å². The number of aromatic amines is 1. The first kappa shape index (κ1) is 27.6. The number of hydrogen-bond acceptors (Lipinski definition) is 6. The van der Waals surface area contributed by atoms with Crippen LogP contribution in [0.15, 0.2) is 70.4 Å². The van der Waals surface area contributed by atoms with Gasteiger partial charge in [0, 0.05) is 11.3 Å². The van der Waals surface area contributed by atoms with Gasteiger partial charge in [0.2, 0.25) is 5.95 Å². The second-order valence-corrected chi connectivity index (χ2v) is 10.3. The number of H-pyrrole nitrogens is 1. The number of hydrogen-bond donors (Lipinski definition) is 4. The topological polar surface area (TPSA) is 138 Å². The van der Waals surface area contributed by atoms with Gasteiger partial charge in [-0.15, -0.1) is 9.93 Å². The number of hydrazine groups is 1. The van der Waals surface area contributed by atoms with Crippen LogP contribution in [0, 0.1) is 20.8 Å². The van der Waals surface area contributed by atoms with Crippen molar-refractivity contribution in [3.8, 4) is 5.69 Å². The van der Waals surface area contributed by atoms with E-state index in [2.05, 4.69) is 25.7 Å². The fourth-order valence-corrected chi connectivity index (χ4v) is 5.33. The zero-order valence-electron chi connectivity index (χ0n) is 20.8. The number of aryl methyl sites for hydroxylation is 3. The summed E-state index contributed by atoms with van der Waals surface area (Å²) in [6.07, 6.45) is -4.58. The van der Waals surface area contributed by atoms with Crippen molar-refractivity contribution in [3.05, 3.63) is 99.0 Å². The van der Waals surface area contributed by atoms with Gasteiger partial charge in [-0.05, 0) is 74.4 Å². The molecule has 1 heterocycles. The number of carbonyl (C=O) groups is 1. The predicted molar refractivity (Wildman–Crippen MR) is 137 cm³/mol. The zero-order chi connectivity index (χ0) is 28.5. The van der Waals surface area contributed by atoms with E-state index in [0.717, 1.165) is 22.4 Å². The molecule has 0 unspecified atom stereocenters. The molecule has 0 spiro atoms. The van der Waals surface area contributed by atoms with Gasteiger partial charge in [-0.3, -0.25) is 15.2 Å². The van der Waals surface area contributed by atoms with Crippen molar-refractivity contribution in [2.45, 2.75) is 31.8 Å². The molecular weight excluding hydrogens is 537 g/mol. The Morgan fingerprint density at radius 3 is 2.23 bits per heavy atom. The molecule has 0 aliphatic rings. The highest BCUT2D eigenvalue weighted by Crippen LogP contribution is 2.30. The summed E-state index contributed by atoms with van der Waals surface area (Å²) in [5.74, 6) is -0.763. The summed E-state index contributed by atoms with van der Waals surface area (Å²) < 4.78 is 65.3. The fourth-order valence-electron chi connectivity index (χ4n) is 4.04. The molecule has 0 radical (unpaired) electrons. The number of aromatic nitrogens is 3. The van der Waals surface area contributed by atoms with E-state index in [1.807, 2.05) is 6.92 Å². The molecule has 3 aromatic carbocycles. The number of amides is 1. The van der Waals surface area contributed by atoms with Crippen molar-refractivity contribution in [1.82, 2.24) is 25.0 Å². The fraction of sp³-hybridized carbons (Fsp3) is 0.160. The lowest BCUT2D eigenvalue weighted by molar-refractivity contribution is -0.137. The quantitative estimate of drug-likeness (QED) is 0.253. The Kier molecular flexibility index (Phi) is 7.35. The van der Waals surface area contributed by atoms with Crippen LogP contribution in [-0.4, -0.2) is 29.1 Å². The Morgan fingerprint density at radius 1 is 0.974 bits per heavy atom. The van der Waals surface area contributed by atoms with E-state index in [9.17, 15) is 31.2 Å². The molecule has 0 aliphatic heterocycles. The van der Waals surface area contributed by atoms with Gasteiger partial charge >= 0.3 is 11.9 Å². The predicted octanol–water partition coefficient (Wildman–Crippen LogP) is 3.87. The van der Waals surface area contributed by atoms with E-state index >= 15 is 0 Å². The van der Waals surface area contributed by atoms with Crippen LogP contribution >= 0.6 is 0 Å². The van der Waals surface area contributed by atoms with Crippen LogP contribution < -0.4 is 21.3 Å². The van der Waals surface area contributed by atoms with E-state index in [0.29, 0.717) is 16.8 Å². The van der Waals surface area contributed by atoms with Crippen LogP contribution in [0.3, 0.4) is 0 Å². The second-order valence-electron chi connectivity index (χ2n) is 8.73. The molecule has 4 rings (SSSR count). The largest absolute Gasteiger partial charge is 0.416 e. The normalized spacial score (nSPS) is 11.8. The Labute approximate surface area is 220 Å². The number of nitrogens with one attached hydrogen (secondary N) is 4. The summed E-state index contributed by atoms with van der Waals surface area (Å²) in [4.78, 5) is 29.4. The highest BCUT2D eigenvalue weighted by Gasteiger charge is 2.30. The molecule has 1 amide bonds. The van der Waals surface area contributed by atoms with Gasteiger partial charge in [-0.1, -0.05) is 23.8 Å². The number of carbonyl (C=O) groups excluding carboxylic acids is 1. The molecule has 0 aliphatic carbocycles. The number of nitrogens with zero attached hydrogens (tertiary/aromatic N) is 2. The summed E-state index contributed by atoms with van der Waals surface area (Å²) in [5, 5.41) is 6.76. The third kappa shape index (κ3) is 6.18. The lowest BCUT2D eigenvalue weighted by Gasteiger charge is -2.14. The first-order chi connectivity index (χ1) is 18.2. The maximum absolute atomic E-state index is 13.0. The maximum atomic E-state index is 13.0. The van der Waals surface area contributed by atoms with Gasteiger partial charge in [0.1, 0.15) is 0 Å². The number of rotatable bonds is 7. The Hall–Kier alpha value is -4.43. The lowest BCUT2D eigenvalue weighted by atomic mass is 10.1. The van der Waals surface area contributed by atoms with Gasteiger partial charge in [0.25, 0.3) is 15.9 Å². The minimum Gasteiger partial charge on any atom is -0.324 e. The molecule has 0 saturated carbocycles. The smallest absolute Gasteiger partial charge is 0.324 e. The molecule has 14 heteroatoms. The van der Waals surface area contributed by atoms with Crippen molar-refractivity contribution >= 4 is 27.6 Å². The molecular formula is C25H23F3N6O4S. The van der Waals surface area contributed by atoms with Crippen LogP contribution in [0.25, 0.3) is 5.69 Å². The average molecular weight is 561 g/mol. The summed E-state index contributed by atoms with van der Waals surface area (Å²) in [7, 11) is -4.03. The van der Waals surface area contributed by atoms with E-state index in [-0.39, 0.29) is 22.1 Å². The molecule has 0 atom stereocenters. The maximum Gasteiger partial charge on any atom is 0.416 e. The summed E-state index contributed by atoms with van der Waals surface area (Å²) in [5.41, 5.74) is 2.92. The highest BCUT2D eigenvalue weighted by molar-refractivity contribution is 7.89. The van der Waals surface area contributed by atoms with Gasteiger partial charge in [-0.2, -0.15) is 17.9 Å². The van der Waals surface area contributed by atoms with E-state index in [4.69, 9.17) is 0 Å². The molecule has 0 bridgehead atoms. The van der Waals surface area contributed by atoms with Crippen molar-refractivity contribution in [1.29, 1.82) is 0 Å². The minimum absolute atomic E-state index is 0.0498. The van der Waals surface area contributed by atoms with Crippen molar-refractivity contribution in [3.63, 3.8) is 0 Å². The van der Waals surface area contributed by atoms with E-state index in [1.54, 1.807) is 26.0 Å². The molecule has 39 heavy (non-hydrogen) atoms. The van der Waals surface area contributed by atoms with Crippen LogP contribution in [-0.2, 0) is 16.2 Å². The van der Waals surface area contributed by atoms with Crippen LogP contribution in [0.2, 0.25) is 0 Å². The van der Waals surface area contributed by atoms with Gasteiger partial charge < -0.3 is 5.32 Å². The number of anilines is 2. The Balaban J connectivity index is 1.44. The molecule has 204 valence electrons. The third-order valence-electron chi connectivity index (χ3n) is 5.62. The highest BCUT2D eigenvalue weighted by atomic mass is 32.2. The standard InChI is InChI=1S/C25H23F3N6O4S/c1-14-11-15(2)21(16(3)12-14)39(37,38)33-31-22(35)17-7-9-19(10-8-17)29-23-30-24(36)34(32-23)20-6-4-5-18(13-20)25(26,27)28/h4-13,33H,1-3H3,(H,31,35)(H2,29,30,32,36). The van der Waals surface area contributed by atoms with Gasteiger partial charge in [-0.25, -0.2) is 13.2 Å². The molecule has 10 nitrogen and oxygen atoms in total. The molecule has 4 aromatic rings. The third-order valence-corrected chi connectivity index (χ3v) is 7.17. The number of sulfonamides is 1. The Bertz CT molecular complexity index is 1690. The van der Waals surface area contributed by atoms with E-state index < -0.39 is 33.4 Å². The molecule has 0 fully saturated rings. The van der Waals surface area contributed by atoms with Crippen LogP contribution in [0.5, 0.6) is 0 Å².